The molecule has 0 aliphatic carbocycles. The Morgan fingerprint density at radius 3 is 2.79 bits per heavy atom. The van der Waals surface area contributed by atoms with Crippen molar-refractivity contribution < 1.29 is 27.1 Å². The van der Waals surface area contributed by atoms with Gasteiger partial charge in [0, 0.05) is 36.8 Å². The van der Waals surface area contributed by atoms with E-state index in [2.05, 4.69) is 15.6 Å². The molecular weight excluding hydrogens is 378 g/mol. The normalized spacial score (nSPS) is 16.3. The molecule has 0 spiro atoms. The van der Waals surface area contributed by atoms with Gasteiger partial charge in [-0.1, -0.05) is 6.07 Å². The zero-order chi connectivity index (χ0) is 20.3. The SMILES string of the molecule is COCCNc1ccc(N=CC2C(=O)Nc3cccc(F)c32)cc1C(F)(F)F. The zero-order valence-corrected chi connectivity index (χ0v) is 14.8. The van der Waals surface area contributed by atoms with Crippen LogP contribution >= 0.6 is 0 Å². The van der Waals surface area contributed by atoms with Gasteiger partial charge in [0.05, 0.1) is 17.9 Å². The van der Waals surface area contributed by atoms with Crippen LogP contribution in [0.1, 0.15) is 17.0 Å². The minimum Gasteiger partial charge on any atom is -0.383 e. The highest BCUT2D eigenvalue weighted by atomic mass is 19.4. The van der Waals surface area contributed by atoms with Crippen molar-refractivity contribution >= 4 is 29.2 Å². The van der Waals surface area contributed by atoms with Crippen LogP contribution in [0.2, 0.25) is 0 Å². The van der Waals surface area contributed by atoms with Crippen LogP contribution in [0, 0.1) is 5.82 Å². The van der Waals surface area contributed by atoms with Gasteiger partial charge in [-0.25, -0.2) is 4.39 Å². The van der Waals surface area contributed by atoms with Crippen LogP contribution < -0.4 is 10.6 Å². The smallest absolute Gasteiger partial charge is 0.383 e. The molecule has 1 amide bonds. The van der Waals surface area contributed by atoms with Gasteiger partial charge in [0.2, 0.25) is 5.91 Å². The van der Waals surface area contributed by atoms with Gasteiger partial charge in [0.1, 0.15) is 11.7 Å². The van der Waals surface area contributed by atoms with E-state index >= 15 is 0 Å². The summed E-state index contributed by atoms with van der Waals surface area (Å²) < 4.78 is 58.9. The van der Waals surface area contributed by atoms with E-state index in [0.29, 0.717) is 5.69 Å². The van der Waals surface area contributed by atoms with Crippen LogP contribution in [-0.4, -0.2) is 32.4 Å². The van der Waals surface area contributed by atoms with Crippen molar-refractivity contribution in [1.29, 1.82) is 0 Å². The van der Waals surface area contributed by atoms with Crippen molar-refractivity contribution in [3.63, 3.8) is 0 Å². The van der Waals surface area contributed by atoms with Crippen molar-refractivity contribution in [1.82, 2.24) is 0 Å². The third-order valence-electron chi connectivity index (χ3n) is 4.21. The first-order chi connectivity index (χ1) is 13.3. The summed E-state index contributed by atoms with van der Waals surface area (Å²) in [5, 5.41) is 5.19. The van der Waals surface area contributed by atoms with Crippen LogP contribution in [0.5, 0.6) is 0 Å². The number of nitrogens with one attached hydrogen (secondary N) is 2. The highest BCUT2D eigenvalue weighted by molar-refractivity contribution is 6.12. The summed E-state index contributed by atoms with van der Waals surface area (Å²) in [5.74, 6) is -2.08. The average Bonchev–Trinajstić information content (AvgIpc) is 2.96. The fourth-order valence-electron chi connectivity index (χ4n) is 2.90. The molecule has 1 aliphatic rings. The molecule has 1 heterocycles. The van der Waals surface area contributed by atoms with Gasteiger partial charge in [-0.05, 0) is 30.3 Å². The first-order valence-corrected chi connectivity index (χ1v) is 8.39. The minimum absolute atomic E-state index is 0.00204. The highest BCUT2D eigenvalue weighted by Crippen LogP contribution is 2.38. The van der Waals surface area contributed by atoms with Gasteiger partial charge in [0.15, 0.2) is 0 Å². The summed E-state index contributed by atoms with van der Waals surface area (Å²) in [4.78, 5) is 16.0. The molecule has 2 N–H and O–H groups in total. The Labute approximate surface area is 158 Å². The number of aliphatic imine (C=N–C) groups is 1. The minimum atomic E-state index is -4.59. The first-order valence-electron chi connectivity index (χ1n) is 8.39. The molecule has 1 atom stereocenters. The number of rotatable bonds is 6. The molecule has 0 aromatic heterocycles. The number of ether oxygens (including phenoxy) is 1. The Morgan fingerprint density at radius 1 is 1.29 bits per heavy atom. The summed E-state index contributed by atoms with van der Waals surface area (Å²) in [6.45, 7) is 0.458. The Bertz CT molecular complexity index is 913. The van der Waals surface area contributed by atoms with Crippen molar-refractivity contribution in [2.45, 2.75) is 12.1 Å². The number of anilines is 2. The fourth-order valence-corrected chi connectivity index (χ4v) is 2.90. The monoisotopic (exact) mass is 395 g/mol. The largest absolute Gasteiger partial charge is 0.418 e. The Balaban J connectivity index is 1.88. The number of carbonyl (C=O) groups is 1. The van der Waals surface area contributed by atoms with Gasteiger partial charge in [-0.3, -0.25) is 9.79 Å². The van der Waals surface area contributed by atoms with E-state index in [4.69, 9.17) is 4.74 Å². The molecule has 28 heavy (non-hydrogen) atoms. The predicted molar refractivity (Wildman–Crippen MR) is 97.7 cm³/mol. The van der Waals surface area contributed by atoms with Crippen LogP contribution in [0.15, 0.2) is 41.4 Å². The maximum atomic E-state index is 14.0. The van der Waals surface area contributed by atoms with E-state index in [-0.39, 0.29) is 30.1 Å². The summed E-state index contributed by atoms with van der Waals surface area (Å²) in [5.41, 5.74) is -0.526. The number of benzene rings is 2. The summed E-state index contributed by atoms with van der Waals surface area (Å²) in [6, 6.07) is 7.73. The molecule has 0 fully saturated rings. The molecule has 2 aromatic rings. The van der Waals surface area contributed by atoms with E-state index in [1.807, 2.05) is 0 Å². The Hall–Kier alpha value is -2.94. The lowest BCUT2D eigenvalue weighted by Crippen LogP contribution is -2.14. The van der Waals surface area contributed by atoms with Crippen molar-refractivity contribution in [2.24, 2.45) is 4.99 Å². The highest BCUT2D eigenvalue weighted by Gasteiger charge is 2.34. The number of hydrogen-bond acceptors (Lipinski definition) is 4. The molecule has 3 rings (SSSR count). The second-order valence-electron chi connectivity index (χ2n) is 6.09. The fraction of sp³-hybridized carbons (Fsp3) is 0.263. The summed E-state index contributed by atoms with van der Waals surface area (Å²) in [6.07, 6.45) is -3.44. The number of nitrogens with zero attached hydrogens (tertiary/aromatic N) is 1. The molecule has 0 saturated carbocycles. The molecule has 9 heteroatoms. The first kappa shape index (κ1) is 19.8. The lowest BCUT2D eigenvalue weighted by molar-refractivity contribution is -0.137. The van der Waals surface area contributed by atoms with E-state index in [0.717, 1.165) is 12.3 Å². The van der Waals surface area contributed by atoms with E-state index in [9.17, 15) is 22.4 Å². The Morgan fingerprint density at radius 2 is 2.07 bits per heavy atom. The van der Waals surface area contributed by atoms with E-state index in [1.54, 1.807) is 6.07 Å². The average molecular weight is 395 g/mol. The Kier molecular flexibility index (Phi) is 5.64. The van der Waals surface area contributed by atoms with Crippen LogP contribution in [0.25, 0.3) is 0 Å². The molecule has 1 aliphatic heterocycles. The predicted octanol–water partition coefficient (Wildman–Crippen LogP) is 4.34. The van der Waals surface area contributed by atoms with Crippen molar-refractivity contribution in [3.05, 3.63) is 53.3 Å². The van der Waals surface area contributed by atoms with Crippen molar-refractivity contribution in [3.8, 4) is 0 Å². The van der Waals surface area contributed by atoms with Crippen LogP contribution in [-0.2, 0) is 15.7 Å². The van der Waals surface area contributed by atoms with Crippen LogP contribution in [0.3, 0.4) is 0 Å². The molecule has 0 bridgehead atoms. The third kappa shape index (κ3) is 4.14. The molecule has 5 nitrogen and oxygen atoms in total. The summed E-state index contributed by atoms with van der Waals surface area (Å²) >= 11 is 0. The van der Waals surface area contributed by atoms with E-state index < -0.39 is 29.4 Å². The van der Waals surface area contributed by atoms with Gasteiger partial charge in [-0.15, -0.1) is 0 Å². The number of fused-ring (bicyclic) bond motifs is 1. The van der Waals surface area contributed by atoms with Gasteiger partial charge in [-0.2, -0.15) is 13.2 Å². The standard InChI is InChI=1S/C19H17F4N3O2/c1-28-8-7-24-15-6-5-11(9-13(15)19(21,22)23)25-10-12-17-14(20)3-2-4-16(17)26-18(12)27/h2-6,9-10,12,24H,7-8H2,1H3,(H,26,27). The third-order valence-corrected chi connectivity index (χ3v) is 4.21. The number of amides is 1. The second-order valence-corrected chi connectivity index (χ2v) is 6.09. The topological polar surface area (TPSA) is 62.7 Å². The second kappa shape index (κ2) is 7.97. The van der Waals surface area contributed by atoms with Gasteiger partial charge < -0.3 is 15.4 Å². The van der Waals surface area contributed by atoms with Crippen LogP contribution in [0.4, 0.5) is 34.6 Å². The zero-order valence-electron chi connectivity index (χ0n) is 14.8. The lowest BCUT2D eigenvalue weighted by atomic mass is 10.0. The van der Waals surface area contributed by atoms with Crippen molar-refractivity contribution in [2.75, 3.05) is 30.9 Å². The number of carbonyl (C=O) groups excluding carboxylic acids is 1. The maximum absolute atomic E-state index is 14.0. The molecule has 0 radical (unpaired) electrons. The number of alkyl halides is 3. The number of methoxy groups -OCH3 is 1. The summed E-state index contributed by atoms with van der Waals surface area (Å²) in [7, 11) is 1.45. The molecular formula is C19H17F4N3O2. The molecule has 2 aromatic carbocycles. The maximum Gasteiger partial charge on any atom is 0.418 e. The molecule has 0 saturated heterocycles. The molecule has 148 valence electrons. The van der Waals surface area contributed by atoms with Gasteiger partial charge in [0.25, 0.3) is 0 Å². The van der Waals surface area contributed by atoms with Gasteiger partial charge >= 0.3 is 6.18 Å². The van der Waals surface area contributed by atoms with E-state index in [1.165, 1.54) is 31.4 Å². The lowest BCUT2D eigenvalue weighted by Gasteiger charge is -2.15. The molecule has 1 unspecified atom stereocenters. The number of halogens is 4. The number of hydrogen-bond donors (Lipinski definition) is 2. The quantitative estimate of drug-likeness (QED) is 0.435.